The van der Waals surface area contributed by atoms with Gasteiger partial charge < -0.3 is 18.4 Å². The molecule has 0 saturated heterocycles. The van der Waals surface area contributed by atoms with Gasteiger partial charge in [0.2, 0.25) is 0 Å². The third-order valence-corrected chi connectivity index (χ3v) is 10.6. The van der Waals surface area contributed by atoms with E-state index in [2.05, 4.69) is 118 Å². The molecule has 7 aromatic carbocycles. The Kier molecular flexibility index (Phi) is 8.26. The number of carbonyl (C=O) groups excluding carboxylic acids is 2. The number of benzene rings is 7. The van der Waals surface area contributed by atoms with Gasteiger partial charge in [-0.05, 0) is 107 Å². The summed E-state index contributed by atoms with van der Waals surface area (Å²) < 4.78 is 33.3. The predicted octanol–water partition coefficient (Wildman–Crippen LogP) is 10.3. The minimum Gasteiger partial charge on any atom is -0.768 e. The Morgan fingerprint density at radius 2 is 1.02 bits per heavy atom. The number of ether oxygens (including phenoxy) is 1. The Bertz CT molecular complexity index is 2870. The number of ketones is 1. The molecule has 262 valence electrons. The third-order valence-electron chi connectivity index (χ3n) is 10.0. The Morgan fingerprint density at radius 3 is 1.52 bits per heavy atom. The van der Waals surface area contributed by atoms with Gasteiger partial charge in [0.1, 0.15) is 6.61 Å². The molecule has 9 aromatic rings. The number of rotatable bonds is 8. The summed E-state index contributed by atoms with van der Waals surface area (Å²) in [5.41, 5.74) is 9.68. The van der Waals surface area contributed by atoms with E-state index in [0.29, 0.717) is 0 Å². The molecule has 0 bridgehead atoms. The van der Waals surface area contributed by atoms with Gasteiger partial charge in [0.15, 0.2) is 5.78 Å². The molecular weight excluding hydrogens is 693 g/mol. The van der Waals surface area contributed by atoms with Crippen LogP contribution in [0.4, 0.5) is 0 Å². The zero-order chi connectivity index (χ0) is 36.9. The Hall–Kier alpha value is -6.61. The lowest BCUT2D eigenvalue weighted by Crippen LogP contribution is -2.08. The number of carbonyl (C=O) groups is 2. The van der Waals surface area contributed by atoms with Gasteiger partial charge in [-0.3, -0.25) is 9.00 Å². The van der Waals surface area contributed by atoms with E-state index in [1.165, 1.54) is 46.9 Å². The number of Topliss-reactive ketones (excluding diaryl/α,β-unsaturated/α-hetero) is 1. The fourth-order valence-corrected chi connectivity index (χ4v) is 7.89. The molecule has 0 aliphatic carbocycles. The number of hydrogen-bond donors (Lipinski definition) is 0. The van der Waals surface area contributed by atoms with Gasteiger partial charge in [0, 0.05) is 43.4 Å². The van der Waals surface area contributed by atoms with E-state index < -0.39 is 17.0 Å². The van der Waals surface area contributed by atoms with Crippen LogP contribution in [0.2, 0.25) is 0 Å². The number of aromatic nitrogens is 2. The summed E-state index contributed by atoms with van der Waals surface area (Å²) in [6, 6.07) is 52.3. The Labute approximate surface area is 312 Å². The van der Waals surface area contributed by atoms with Crippen molar-refractivity contribution >= 4 is 66.4 Å². The number of hydrogen-bond acceptors (Lipinski definition) is 5. The van der Waals surface area contributed by atoms with Crippen molar-refractivity contribution in [2.45, 2.75) is 18.4 Å². The quantitative estimate of drug-likeness (QED) is 0.0884. The van der Waals surface area contributed by atoms with Crippen LogP contribution in [0.5, 0.6) is 0 Å². The maximum atomic E-state index is 13.0. The highest BCUT2D eigenvalue weighted by Crippen LogP contribution is 2.35. The van der Waals surface area contributed by atoms with E-state index >= 15 is 0 Å². The van der Waals surface area contributed by atoms with Gasteiger partial charge in [-0.25, -0.2) is 4.79 Å². The summed E-state index contributed by atoms with van der Waals surface area (Å²) in [7, 11) is 0. The normalized spacial score (nSPS) is 12.1. The van der Waals surface area contributed by atoms with Crippen LogP contribution < -0.4 is 0 Å². The molecule has 0 fully saturated rings. The topological polar surface area (TPSA) is 93.4 Å². The molecule has 0 radical (unpaired) electrons. The highest BCUT2D eigenvalue weighted by atomic mass is 32.2. The molecule has 7 nitrogen and oxygen atoms in total. The molecule has 0 aliphatic heterocycles. The first-order valence-corrected chi connectivity index (χ1v) is 18.6. The van der Waals surface area contributed by atoms with Crippen LogP contribution in [0.15, 0.2) is 163 Å². The Morgan fingerprint density at radius 1 is 0.556 bits per heavy atom. The predicted molar refractivity (Wildman–Crippen MR) is 213 cm³/mol. The number of nitrogens with zero attached hydrogens (tertiary/aromatic N) is 2. The Balaban J connectivity index is 0.997. The second-order valence-corrected chi connectivity index (χ2v) is 14.2. The van der Waals surface area contributed by atoms with Crippen LogP contribution >= 0.6 is 0 Å². The molecule has 1 unspecified atom stereocenters. The summed E-state index contributed by atoms with van der Waals surface area (Å²) in [6.07, 6.45) is 0. The van der Waals surface area contributed by atoms with E-state index in [4.69, 9.17) is 4.74 Å². The summed E-state index contributed by atoms with van der Waals surface area (Å²) in [5, 5.41) is 4.54. The van der Waals surface area contributed by atoms with Crippen LogP contribution in [-0.4, -0.2) is 29.6 Å². The summed E-state index contributed by atoms with van der Waals surface area (Å²) in [6.45, 7) is 1.28. The molecule has 9 rings (SSSR count). The van der Waals surface area contributed by atoms with E-state index in [-0.39, 0.29) is 28.4 Å². The standard InChI is InChI=1S/C46H32N2O5S/c1-29(49)33-25-34(27-37(26-33)54(51)52)46(50)53-28-30-14-23-45-41(24-30)40-10-4-7-13-44(40)48(45)36-21-17-32(18-22-36)31-15-19-35(20-16-31)47-42-11-5-2-8-38(42)39-9-3-6-12-43(39)47/h2-27H,28H2,1H3,(H,51,52)/p-1. The molecule has 0 aliphatic rings. The molecule has 0 spiro atoms. The first-order valence-electron chi connectivity index (χ1n) is 17.5. The first-order chi connectivity index (χ1) is 26.3. The summed E-state index contributed by atoms with van der Waals surface area (Å²) in [5.74, 6) is -1.06. The molecular formula is C46H31N2O5S-. The average molecular weight is 724 g/mol. The van der Waals surface area contributed by atoms with Crippen LogP contribution in [0.3, 0.4) is 0 Å². The van der Waals surface area contributed by atoms with Crippen molar-refractivity contribution in [1.82, 2.24) is 9.13 Å². The number of fused-ring (bicyclic) bond motifs is 6. The van der Waals surface area contributed by atoms with Crippen molar-refractivity contribution in [2.75, 3.05) is 0 Å². The zero-order valence-corrected chi connectivity index (χ0v) is 29.9. The van der Waals surface area contributed by atoms with Gasteiger partial charge in [-0.15, -0.1) is 0 Å². The lowest BCUT2D eigenvalue weighted by atomic mass is 10.0. The highest BCUT2D eigenvalue weighted by Gasteiger charge is 2.16. The van der Waals surface area contributed by atoms with Gasteiger partial charge in [-0.2, -0.15) is 0 Å². The van der Waals surface area contributed by atoms with Gasteiger partial charge in [-0.1, -0.05) is 84.9 Å². The van der Waals surface area contributed by atoms with Crippen LogP contribution in [0.1, 0.15) is 33.2 Å². The lowest BCUT2D eigenvalue weighted by molar-refractivity contribution is 0.0472. The van der Waals surface area contributed by atoms with Crippen LogP contribution in [-0.2, 0) is 22.4 Å². The lowest BCUT2D eigenvalue weighted by Gasteiger charge is -2.12. The maximum absolute atomic E-state index is 13.0. The smallest absolute Gasteiger partial charge is 0.338 e. The zero-order valence-electron chi connectivity index (χ0n) is 29.1. The van der Waals surface area contributed by atoms with Crippen molar-refractivity contribution in [3.8, 4) is 22.5 Å². The third kappa shape index (κ3) is 5.78. The molecule has 8 heteroatoms. The number of esters is 1. The van der Waals surface area contributed by atoms with Gasteiger partial charge in [0.05, 0.1) is 27.6 Å². The average Bonchev–Trinajstić information content (AvgIpc) is 3.72. The van der Waals surface area contributed by atoms with Gasteiger partial charge >= 0.3 is 5.97 Å². The summed E-state index contributed by atoms with van der Waals surface area (Å²) in [4.78, 5) is 24.8. The largest absolute Gasteiger partial charge is 0.768 e. The number of para-hydroxylation sites is 3. The van der Waals surface area contributed by atoms with Gasteiger partial charge in [0.25, 0.3) is 0 Å². The molecule has 2 heterocycles. The molecule has 0 amide bonds. The molecule has 0 N–H and O–H groups in total. The van der Waals surface area contributed by atoms with E-state index in [0.717, 1.165) is 49.9 Å². The van der Waals surface area contributed by atoms with E-state index in [9.17, 15) is 18.4 Å². The van der Waals surface area contributed by atoms with E-state index in [1.807, 2.05) is 30.3 Å². The minimum absolute atomic E-state index is 0.00196. The second-order valence-electron chi connectivity index (χ2n) is 13.3. The van der Waals surface area contributed by atoms with Crippen molar-refractivity contribution in [3.63, 3.8) is 0 Å². The van der Waals surface area contributed by atoms with E-state index in [1.54, 1.807) is 0 Å². The monoisotopic (exact) mass is 723 g/mol. The molecule has 2 aromatic heterocycles. The van der Waals surface area contributed by atoms with Crippen molar-refractivity contribution in [2.24, 2.45) is 0 Å². The van der Waals surface area contributed by atoms with Crippen molar-refractivity contribution in [1.29, 1.82) is 0 Å². The van der Waals surface area contributed by atoms with Crippen LogP contribution in [0, 0.1) is 0 Å². The highest BCUT2D eigenvalue weighted by molar-refractivity contribution is 7.79. The molecule has 54 heavy (non-hydrogen) atoms. The summed E-state index contributed by atoms with van der Waals surface area (Å²) >= 11 is -2.60. The van der Waals surface area contributed by atoms with Crippen LogP contribution in [0.25, 0.3) is 66.1 Å². The fraction of sp³-hybridized carbons (Fsp3) is 0.0435. The minimum atomic E-state index is -2.60. The molecule has 0 saturated carbocycles. The molecule has 1 atom stereocenters. The van der Waals surface area contributed by atoms with Crippen molar-refractivity contribution in [3.05, 3.63) is 174 Å². The second kappa shape index (κ2) is 13.4. The maximum Gasteiger partial charge on any atom is 0.338 e. The SMILES string of the molecule is CC(=O)c1cc(C(=O)OCc2ccc3c(c2)c2ccccc2n3-c2ccc(-c3ccc(-n4c5ccccc5c5ccccc54)cc3)cc2)cc(S(=O)[O-])c1. The first kappa shape index (κ1) is 33.2. The van der Waals surface area contributed by atoms with Crippen molar-refractivity contribution < 1.29 is 23.1 Å². The fourth-order valence-electron chi connectivity index (χ4n) is 7.44.